The molecule has 36 heavy (non-hydrogen) atoms. The van der Waals surface area contributed by atoms with Crippen molar-refractivity contribution >= 4 is 21.5 Å². The highest BCUT2D eigenvalue weighted by Gasteiger charge is 2.39. The zero-order chi connectivity index (χ0) is 25.4. The number of carbonyl (C=O) groups is 1. The van der Waals surface area contributed by atoms with Crippen molar-refractivity contribution in [1.29, 1.82) is 0 Å². The monoisotopic (exact) mass is 509 g/mol. The molecule has 2 aromatic carbocycles. The largest absolute Gasteiger partial charge is 0.508 e. The van der Waals surface area contributed by atoms with Gasteiger partial charge in [-0.3, -0.25) is 9.52 Å². The van der Waals surface area contributed by atoms with Crippen molar-refractivity contribution in [2.45, 2.75) is 55.8 Å². The van der Waals surface area contributed by atoms with Crippen molar-refractivity contribution in [2.24, 2.45) is 5.92 Å². The Morgan fingerprint density at radius 1 is 0.944 bits per heavy atom. The Balaban J connectivity index is 1.54. The lowest BCUT2D eigenvalue weighted by Gasteiger charge is -2.21. The molecule has 2 aliphatic carbocycles. The number of benzene rings is 2. The Labute approximate surface area is 208 Å². The number of carbonyl (C=O) groups excluding carboxylic acids is 1. The number of ketones is 1. The summed E-state index contributed by atoms with van der Waals surface area (Å²) in [6.07, 6.45) is 4.73. The second-order valence-corrected chi connectivity index (χ2v) is 11.2. The van der Waals surface area contributed by atoms with Crippen molar-refractivity contribution < 1.29 is 27.8 Å². The van der Waals surface area contributed by atoms with Gasteiger partial charge in [0, 0.05) is 24.4 Å². The first-order valence-corrected chi connectivity index (χ1v) is 13.6. The zero-order valence-electron chi connectivity index (χ0n) is 19.6. The normalized spacial score (nSPS) is 17.1. The van der Waals surface area contributed by atoms with Gasteiger partial charge in [0.1, 0.15) is 17.3 Å². The first-order valence-electron chi connectivity index (χ1n) is 12.1. The van der Waals surface area contributed by atoms with E-state index in [1.165, 1.54) is 24.3 Å². The van der Waals surface area contributed by atoms with Gasteiger partial charge in [0.2, 0.25) is 0 Å². The highest BCUT2D eigenvalue weighted by atomic mass is 32.2. The van der Waals surface area contributed by atoms with E-state index in [2.05, 4.69) is 4.72 Å². The molecule has 3 N–H and O–H groups in total. The SMILES string of the molecule is O=C1CCCCCc2oc(=O)c(C(c3cccc(NS(=O)(=O)c4ccc(O)cc4)c3)C3CC3)c(O)c21. The molecule has 0 saturated heterocycles. The molecular formula is C27H27NO7S. The van der Waals surface area contributed by atoms with Crippen LogP contribution in [0.1, 0.15) is 71.7 Å². The quantitative estimate of drug-likeness (QED) is 0.439. The fourth-order valence-corrected chi connectivity index (χ4v) is 5.98. The molecule has 9 heteroatoms. The standard InChI is InChI=1S/C27H27NO7S/c29-19-11-13-20(14-12-19)36(33,34)28-18-6-4-5-17(15-18)23(16-9-10-16)25-26(31)24-21(30)7-2-1-3-8-22(24)35-27(25)32/h4-6,11-16,23,28-29,31H,1-3,7-10H2. The Hall–Kier alpha value is -3.59. The summed E-state index contributed by atoms with van der Waals surface area (Å²) in [6, 6.07) is 11.9. The summed E-state index contributed by atoms with van der Waals surface area (Å²) in [6.45, 7) is 0. The van der Waals surface area contributed by atoms with Gasteiger partial charge in [0.25, 0.3) is 10.0 Å². The number of phenolic OH excluding ortho intramolecular Hbond substituents is 1. The smallest absolute Gasteiger partial charge is 0.343 e. The van der Waals surface area contributed by atoms with E-state index >= 15 is 0 Å². The van der Waals surface area contributed by atoms with Gasteiger partial charge in [-0.25, -0.2) is 13.2 Å². The number of nitrogens with one attached hydrogen (secondary N) is 1. The van der Waals surface area contributed by atoms with E-state index in [9.17, 15) is 28.2 Å². The Morgan fingerprint density at radius 3 is 2.39 bits per heavy atom. The maximum atomic E-state index is 13.1. The van der Waals surface area contributed by atoms with Crippen molar-refractivity contribution in [1.82, 2.24) is 0 Å². The number of aryl methyl sites for hydroxylation is 1. The number of aromatic hydroxyl groups is 2. The average molecular weight is 510 g/mol. The van der Waals surface area contributed by atoms with Gasteiger partial charge in [0.05, 0.1) is 16.0 Å². The summed E-state index contributed by atoms with van der Waals surface area (Å²) in [5.41, 5.74) is 0.441. The van der Waals surface area contributed by atoms with E-state index in [1.54, 1.807) is 24.3 Å². The molecule has 5 rings (SSSR count). The van der Waals surface area contributed by atoms with Crippen molar-refractivity contribution in [3.8, 4) is 11.5 Å². The fraction of sp³-hybridized carbons (Fsp3) is 0.333. The molecule has 0 amide bonds. The summed E-state index contributed by atoms with van der Waals surface area (Å²) in [5.74, 6) is -0.808. The Kier molecular flexibility index (Phi) is 6.34. The predicted molar refractivity (Wildman–Crippen MR) is 133 cm³/mol. The van der Waals surface area contributed by atoms with Gasteiger partial charge in [-0.1, -0.05) is 18.6 Å². The third kappa shape index (κ3) is 4.75. The number of hydrogen-bond donors (Lipinski definition) is 3. The van der Waals surface area contributed by atoms with Crippen LogP contribution in [0.15, 0.2) is 62.6 Å². The number of rotatable bonds is 6. The zero-order valence-corrected chi connectivity index (χ0v) is 20.4. The number of Topliss-reactive ketones (excluding diaryl/α,β-unsaturated/α-hetero) is 1. The molecule has 1 heterocycles. The summed E-state index contributed by atoms with van der Waals surface area (Å²) >= 11 is 0. The number of anilines is 1. The first kappa shape index (κ1) is 24.1. The molecule has 2 aliphatic rings. The third-order valence-corrected chi connectivity index (χ3v) is 8.24. The van der Waals surface area contributed by atoms with Crippen molar-refractivity contribution in [3.05, 3.63) is 81.4 Å². The van der Waals surface area contributed by atoms with Gasteiger partial charge in [-0.05, 0) is 73.6 Å². The summed E-state index contributed by atoms with van der Waals surface area (Å²) in [5, 5.41) is 20.7. The number of sulfonamides is 1. The van der Waals surface area contributed by atoms with Crippen LogP contribution in [-0.4, -0.2) is 24.4 Å². The van der Waals surface area contributed by atoms with E-state index < -0.39 is 21.6 Å². The average Bonchev–Trinajstić information content (AvgIpc) is 3.65. The minimum absolute atomic E-state index is 0.0112. The highest BCUT2D eigenvalue weighted by Crippen LogP contribution is 2.49. The van der Waals surface area contributed by atoms with E-state index in [-0.39, 0.29) is 57.1 Å². The Bertz CT molecular complexity index is 1470. The molecule has 1 atom stereocenters. The van der Waals surface area contributed by atoms with E-state index in [0.717, 1.165) is 32.1 Å². The van der Waals surface area contributed by atoms with Crippen LogP contribution in [0, 0.1) is 5.92 Å². The first-order chi connectivity index (χ1) is 17.2. The fourth-order valence-electron chi connectivity index (χ4n) is 4.93. The number of phenols is 1. The van der Waals surface area contributed by atoms with Crippen LogP contribution in [0.2, 0.25) is 0 Å². The van der Waals surface area contributed by atoms with Gasteiger partial charge in [-0.2, -0.15) is 0 Å². The molecule has 1 fully saturated rings. The van der Waals surface area contributed by atoms with Crippen molar-refractivity contribution in [2.75, 3.05) is 4.72 Å². The molecule has 0 spiro atoms. The third-order valence-electron chi connectivity index (χ3n) is 6.84. The van der Waals surface area contributed by atoms with Gasteiger partial charge in [-0.15, -0.1) is 0 Å². The summed E-state index contributed by atoms with van der Waals surface area (Å²) in [4.78, 5) is 25.9. The van der Waals surface area contributed by atoms with E-state index in [1.807, 2.05) is 0 Å². The minimum Gasteiger partial charge on any atom is -0.508 e. The Morgan fingerprint density at radius 2 is 1.67 bits per heavy atom. The van der Waals surface area contributed by atoms with Crippen LogP contribution in [-0.2, 0) is 16.4 Å². The predicted octanol–water partition coefficient (Wildman–Crippen LogP) is 4.69. The number of fused-ring (bicyclic) bond motifs is 1. The van der Waals surface area contributed by atoms with Crippen LogP contribution in [0.4, 0.5) is 5.69 Å². The second-order valence-electron chi connectivity index (χ2n) is 9.47. The molecule has 3 aromatic rings. The highest BCUT2D eigenvalue weighted by molar-refractivity contribution is 7.92. The summed E-state index contributed by atoms with van der Waals surface area (Å²) < 4.78 is 33.8. The molecule has 1 saturated carbocycles. The number of hydrogen-bond acceptors (Lipinski definition) is 7. The molecule has 1 aromatic heterocycles. The van der Waals surface area contributed by atoms with Gasteiger partial charge < -0.3 is 14.6 Å². The maximum absolute atomic E-state index is 13.1. The van der Waals surface area contributed by atoms with E-state index in [0.29, 0.717) is 12.0 Å². The lowest BCUT2D eigenvalue weighted by Crippen LogP contribution is -2.21. The molecule has 188 valence electrons. The lowest BCUT2D eigenvalue weighted by molar-refractivity contribution is 0.0968. The topological polar surface area (TPSA) is 134 Å². The molecule has 0 radical (unpaired) electrons. The van der Waals surface area contributed by atoms with Crippen LogP contribution in [0.3, 0.4) is 0 Å². The molecule has 1 unspecified atom stereocenters. The molecular weight excluding hydrogens is 482 g/mol. The van der Waals surface area contributed by atoms with Crippen LogP contribution < -0.4 is 10.3 Å². The molecule has 0 aliphatic heterocycles. The van der Waals surface area contributed by atoms with E-state index in [4.69, 9.17) is 4.42 Å². The van der Waals surface area contributed by atoms with Crippen LogP contribution >= 0.6 is 0 Å². The summed E-state index contributed by atoms with van der Waals surface area (Å²) in [7, 11) is -3.92. The maximum Gasteiger partial charge on any atom is 0.343 e. The lowest BCUT2D eigenvalue weighted by atomic mass is 9.85. The van der Waals surface area contributed by atoms with Crippen LogP contribution in [0.25, 0.3) is 0 Å². The van der Waals surface area contributed by atoms with Gasteiger partial charge >= 0.3 is 5.63 Å². The van der Waals surface area contributed by atoms with Crippen molar-refractivity contribution in [3.63, 3.8) is 0 Å². The van der Waals surface area contributed by atoms with Gasteiger partial charge in [0.15, 0.2) is 5.78 Å². The molecule has 0 bridgehead atoms. The molecule has 8 nitrogen and oxygen atoms in total. The second kappa shape index (κ2) is 9.46. The minimum atomic E-state index is -3.92. The van der Waals surface area contributed by atoms with Crippen LogP contribution in [0.5, 0.6) is 11.5 Å².